The van der Waals surface area contributed by atoms with Gasteiger partial charge in [0.1, 0.15) is 24.2 Å². The van der Waals surface area contributed by atoms with Crippen LogP contribution in [0.2, 0.25) is 0 Å². The summed E-state index contributed by atoms with van der Waals surface area (Å²) in [6, 6.07) is 8.19. The lowest BCUT2D eigenvalue weighted by Gasteiger charge is -2.37. The average Bonchev–Trinajstić information content (AvgIpc) is 3.48. The highest BCUT2D eigenvalue weighted by molar-refractivity contribution is 14.0. The van der Waals surface area contributed by atoms with Gasteiger partial charge < -0.3 is 29.0 Å². The van der Waals surface area contributed by atoms with Gasteiger partial charge in [-0.3, -0.25) is 0 Å². The summed E-state index contributed by atoms with van der Waals surface area (Å²) in [5.74, 6) is 3.48. The molecule has 2 aliphatic rings. The van der Waals surface area contributed by atoms with E-state index >= 15 is 0 Å². The summed E-state index contributed by atoms with van der Waals surface area (Å²) < 4.78 is 19.1. The zero-order valence-electron chi connectivity index (χ0n) is 19.7. The number of halogens is 1. The lowest BCUT2D eigenvalue weighted by molar-refractivity contribution is -0.0817. The number of nitrogens with one attached hydrogen (secondary N) is 1. The fraction of sp³-hybridized carbons (Fsp3) is 0.609. The van der Waals surface area contributed by atoms with E-state index in [9.17, 15) is 0 Å². The van der Waals surface area contributed by atoms with Crippen LogP contribution in [0.5, 0.6) is 5.75 Å². The molecule has 2 aromatic rings. The molecule has 2 aliphatic heterocycles. The quantitative estimate of drug-likeness (QED) is 0.311. The second-order valence-electron chi connectivity index (χ2n) is 8.29. The van der Waals surface area contributed by atoms with E-state index in [2.05, 4.69) is 32.5 Å². The maximum atomic E-state index is 6.04. The summed E-state index contributed by atoms with van der Waals surface area (Å²) in [6.07, 6.45) is 3.33. The standard InChI is InChI=1S/C23H34N6O3.HI/c1-17-26-27-22(28(17)2)15-25-23(24-11-10-18-6-8-19(30-3)9-7-18)29-12-14-32-21(16-29)20-5-4-13-31-20;/h6-9,20-21H,4-5,10-16H2,1-3H3,(H,24,25);1H. The molecule has 2 fully saturated rings. The van der Waals surface area contributed by atoms with E-state index in [1.54, 1.807) is 7.11 Å². The molecule has 10 heteroatoms. The van der Waals surface area contributed by atoms with E-state index < -0.39 is 0 Å². The van der Waals surface area contributed by atoms with Crippen molar-refractivity contribution in [2.45, 2.75) is 44.9 Å². The third kappa shape index (κ3) is 6.80. The van der Waals surface area contributed by atoms with E-state index in [4.69, 9.17) is 19.2 Å². The van der Waals surface area contributed by atoms with Crippen molar-refractivity contribution < 1.29 is 14.2 Å². The molecule has 1 N–H and O–H groups in total. The predicted molar refractivity (Wildman–Crippen MR) is 137 cm³/mol. The first-order valence-electron chi connectivity index (χ1n) is 11.4. The molecule has 0 aliphatic carbocycles. The largest absolute Gasteiger partial charge is 0.497 e. The summed E-state index contributed by atoms with van der Waals surface area (Å²) >= 11 is 0. The summed E-state index contributed by atoms with van der Waals surface area (Å²) in [7, 11) is 3.66. The van der Waals surface area contributed by atoms with Crippen LogP contribution in [0.1, 0.15) is 30.1 Å². The van der Waals surface area contributed by atoms with Gasteiger partial charge in [0.05, 0.1) is 19.8 Å². The molecule has 0 bridgehead atoms. The number of guanidine groups is 1. The molecule has 4 rings (SSSR count). The van der Waals surface area contributed by atoms with Gasteiger partial charge in [-0.2, -0.15) is 0 Å². The fourth-order valence-corrected chi connectivity index (χ4v) is 4.10. The van der Waals surface area contributed by atoms with E-state index in [1.165, 1.54) is 5.56 Å². The normalized spacial score (nSPS) is 21.1. The molecule has 9 nitrogen and oxygen atoms in total. The Kier molecular flexibility index (Phi) is 9.75. The minimum absolute atomic E-state index is 0. The minimum Gasteiger partial charge on any atom is -0.497 e. The van der Waals surface area contributed by atoms with Crippen LogP contribution in [0.4, 0.5) is 0 Å². The van der Waals surface area contributed by atoms with Crippen LogP contribution in [0.25, 0.3) is 0 Å². The van der Waals surface area contributed by atoms with Gasteiger partial charge in [-0.15, -0.1) is 34.2 Å². The third-order valence-corrected chi connectivity index (χ3v) is 6.18. The zero-order valence-corrected chi connectivity index (χ0v) is 22.0. The van der Waals surface area contributed by atoms with Crippen LogP contribution in [-0.2, 0) is 29.5 Å². The Balaban J connectivity index is 0.00000306. The molecule has 0 amide bonds. The number of methoxy groups -OCH3 is 1. The van der Waals surface area contributed by atoms with Gasteiger partial charge in [0, 0.05) is 33.3 Å². The van der Waals surface area contributed by atoms with E-state index in [0.717, 1.165) is 68.9 Å². The summed E-state index contributed by atoms with van der Waals surface area (Å²) in [6.45, 7) is 6.29. The smallest absolute Gasteiger partial charge is 0.194 e. The number of aromatic nitrogens is 3. The van der Waals surface area contributed by atoms with Crippen molar-refractivity contribution in [1.82, 2.24) is 25.0 Å². The van der Waals surface area contributed by atoms with Crippen LogP contribution in [0.15, 0.2) is 29.3 Å². The lowest BCUT2D eigenvalue weighted by Crippen LogP contribution is -2.53. The number of hydrogen-bond acceptors (Lipinski definition) is 6. The Morgan fingerprint density at radius 2 is 1.97 bits per heavy atom. The molecule has 3 heterocycles. The van der Waals surface area contributed by atoms with Gasteiger partial charge in [-0.05, 0) is 43.9 Å². The highest BCUT2D eigenvalue weighted by Gasteiger charge is 2.32. The van der Waals surface area contributed by atoms with E-state index in [0.29, 0.717) is 13.2 Å². The van der Waals surface area contributed by atoms with Crippen molar-refractivity contribution in [3.63, 3.8) is 0 Å². The molecule has 1 aromatic heterocycles. The van der Waals surface area contributed by atoms with Gasteiger partial charge in [0.15, 0.2) is 11.8 Å². The number of ether oxygens (including phenoxy) is 3. The van der Waals surface area contributed by atoms with Crippen molar-refractivity contribution in [2.75, 3.05) is 40.0 Å². The molecule has 2 saturated heterocycles. The Morgan fingerprint density at radius 1 is 1.18 bits per heavy atom. The summed E-state index contributed by atoms with van der Waals surface area (Å²) in [5, 5.41) is 12.0. The van der Waals surface area contributed by atoms with Gasteiger partial charge >= 0.3 is 0 Å². The van der Waals surface area contributed by atoms with Crippen LogP contribution in [-0.4, -0.2) is 77.8 Å². The number of aryl methyl sites for hydroxylation is 1. The first kappa shape index (κ1) is 25.7. The highest BCUT2D eigenvalue weighted by Crippen LogP contribution is 2.21. The maximum absolute atomic E-state index is 6.04. The van der Waals surface area contributed by atoms with Gasteiger partial charge in [0.2, 0.25) is 0 Å². The molecule has 182 valence electrons. The van der Waals surface area contributed by atoms with Crippen LogP contribution >= 0.6 is 24.0 Å². The SMILES string of the molecule is COc1ccc(CCNC(=NCc2nnc(C)n2C)N2CCOC(C3CCCO3)C2)cc1.I. The second kappa shape index (κ2) is 12.5. The molecule has 1 aromatic carbocycles. The molecule has 2 atom stereocenters. The number of nitrogens with zero attached hydrogens (tertiary/aromatic N) is 5. The number of rotatable bonds is 7. The number of morpholine rings is 1. The predicted octanol–water partition coefficient (Wildman–Crippen LogP) is 2.32. The van der Waals surface area contributed by atoms with E-state index in [1.807, 2.05) is 30.7 Å². The number of benzene rings is 1. The van der Waals surface area contributed by atoms with Crippen LogP contribution < -0.4 is 10.1 Å². The number of hydrogen-bond donors (Lipinski definition) is 1. The number of aliphatic imine (C=N–C) groups is 1. The average molecular weight is 570 g/mol. The van der Waals surface area contributed by atoms with Crippen LogP contribution in [0, 0.1) is 6.92 Å². The van der Waals surface area contributed by atoms with Gasteiger partial charge in [0.25, 0.3) is 0 Å². The van der Waals surface area contributed by atoms with Crippen molar-refractivity contribution in [1.29, 1.82) is 0 Å². The van der Waals surface area contributed by atoms with Gasteiger partial charge in [-0.1, -0.05) is 12.1 Å². The molecule has 33 heavy (non-hydrogen) atoms. The topological polar surface area (TPSA) is 86.0 Å². The molecule has 0 radical (unpaired) electrons. The fourth-order valence-electron chi connectivity index (χ4n) is 4.10. The Hall–Kier alpha value is -1.92. The maximum Gasteiger partial charge on any atom is 0.194 e. The summed E-state index contributed by atoms with van der Waals surface area (Å²) in [4.78, 5) is 7.19. The highest BCUT2D eigenvalue weighted by atomic mass is 127. The molecule has 2 unspecified atom stereocenters. The Morgan fingerprint density at radius 3 is 2.64 bits per heavy atom. The lowest BCUT2D eigenvalue weighted by atomic mass is 10.1. The van der Waals surface area contributed by atoms with Crippen molar-refractivity contribution >= 4 is 29.9 Å². The van der Waals surface area contributed by atoms with E-state index in [-0.39, 0.29) is 36.2 Å². The first-order chi connectivity index (χ1) is 15.6. The third-order valence-electron chi connectivity index (χ3n) is 6.18. The summed E-state index contributed by atoms with van der Waals surface area (Å²) in [5.41, 5.74) is 1.25. The minimum atomic E-state index is 0. The molecular weight excluding hydrogens is 535 g/mol. The monoisotopic (exact) mass is 570 g/mol. The van der Waals surface area contributed by atoms with Crippen molar-refractivity contribution in [3.8, 4) is 5.75 Å². The van der Waals surface area contributed by atoms with Crippen molar-refractivity contribution in [2.24, 2.45) is 12.0 Å². The zero-order chi connectivity index (χ0) is 22.3. The molecule has 0 spiro atoms. The van der Waals surface area contributed by atoms with Crippen molar-refractivity contribution in [3.05, 3.63) is 41.5 Å². The first-order valence-corrected chi connectivity index (χ1v) is 11.4. The second-order valence-corrected chi connectivity index (χ2v) is 8.29. The van der Waals surface area contributed by atoms with Crippen LogP contribution in [0.3, 0.4) is 0 Å². The molecule has 0 saturated carbocycles. The van der Waals surface area contributed by atoms with Gasteiger partial charge in [-0.25, -0.2) is 4.99 Å². The molecular formula is C23H35IN6O3. The Labute approximate surface area is 212 Å². The Bertz CT molecular complexity index is 898.